The van der Waals surface area contributed by atoms with Crippen molar-refractivity contribution in [3.8, 4) is 5.75 Å². The van der Waals surface area contributed by atoms with Gasteiger partial charge in [0.05, 0.1) is 37.6 Å². The van der Waals surface area contributed by atoms with Crippen LogP contribution in [-0.4, -0.2) is 47.8 Å². The van der Waals surface area contributed by atoms with Gasteiger partial charge in [0, 0.05) is 47.2 Å². The molecular formula is C22H24N2O4. The van der Waals surface area contributed by atoms with Gasteiger partial charge in [-0.05, 0) is 32.5 Å². The number of aromatic nitrogens is 1. The third kappa shape index (κ3) is 2.12. The first kappa shape index (κ1) is 17.5. The van der Waals surface area contributed by atoms with Gasteiger partial charge in [0.25, 0.3) is 0 Å². The van der Waals surface area contributed by atoms with Crippen LogP contribution in [0.4, 0.5) is 0 Å². The fraction of sp³-hybridized carbons (Fsp3) is 0.455. The molecule has 4 heterocycles. The lowest BCUT2D eigenvalue weighted by Gasteiger charge is -2.51. The van der Waals surface area contributed by atoms with E-state index in [0.717, 1.165) is 39.9 Å². The van der Waals surface area contributed by atoms with Crippen molar-refractivity contribution in [1.29, 1.82) is 0 Å². The van der Waals surface area contributed by atoms with Crippen molar-refractivity contribution >= 4 is 22.5 Å². The zero-order valence-corrected chi connectivity index (χ0v) is 16.6. The van der Waals surface area contributed by atoms with Crippen LogP contribution >= 0.6 is 0 Å². The van der Waals surface area contributed by atoms with Crippen LogP contribution in [0.15, 0.2) is 30.0 Å². The van der Waals surface area contributed by atoms with Crippen LogP contribution in [-0.2, 0) is 16.6 Å². The van der Waals surface area contributed by atoms with E-state index in [1.54, 1.807) is 20.3 Å². The molecule has 2 aromatic rings. The number of piperidine rings is 1. The number of rotatable bonds is 2. The van der Waals surface area contributed by atoms with Gasteiger partial charge in [-0.3, -0.25) is 14.5 Å². The maximum Gasteiger partial charge on any atom is 0.182 e. The maximum absolute atomic E-state index is 13.7. The van der Waals surface area contributed by atoms with Crippen molar-refractivity contribution in [2.45, 2.75) is 25.4 Å². The second-order valence-corrected chi connectivity index (χ2v) is 8.16. The van der Waals surface area contributed by atoms with E-state index in [4.69, 9.17) is 9.47 Å². The highest BCUT2D eigenvalue weighted by molar-refractivity contribution is 6.13. The molecule has 0 radical (unpaired) electrons. The molecule has 146 valence electrons. The fourth-order valence-electron chi connectivity index (χ4n) is 5.59. The summed E-state index contributed by atoms with van der Waals surface area (Å²) in [5.41, 5.74) is 3.58. The predicted molar refractivity (Wildman–Crippen MR) is 104 cm³/mol. The van der Waals surface area contributed by atoms with Gasteiger partial charge in [-0.15, -0.1) is 0 Å². The third-order valence-corrected chi connectivity index (χ3v) is 6.92. The standard InChI is InChI=1S/C22H24N2O4/c1-11(25)15-9-28-10-16-14(15)8-18-21-19(22(26)20(16)24(18)3)13-6-5-12(27-4)7-17(13)23(21)2/h5-7,9,14,16,18,20H,8,10H2,1-4H3/t14-,16+,18+,20+/m0/s1. The molecule has 2 bridgehead atoms. The van der Waals surface area contributed by atoms with Crippen LogP contribution in [0.2, 0.25) is 0 Å². The minimum Gasteiger partial charge on any atom is -0.500 e. The number of benzene rings is 1. The monoisotopic (exact) mass is 380 g/mol. The van der Waals surface area contributed by atoms with E-state index in [-0.39, 0.29) is 35.5 Å². The molecule has 1 aromatic carbocycles. The second kappa shape index (κ2) is 5.95. The van der Waals surface area contributed by atoms with E-state index in [0.29, 0.717) is 6.61 Å². The van der Waals surface area contributed by atoms with Crippen LogP contribution in [0.3, 0.4) is 0 Å². The first-order chi connectivity index (χ1) is 13.4. The van der Waals surface area contributed by atoms with Crippen molar-refractivity contribution < 1.29 is 19.1 Å². The van der Waals surface area contributed by atoms with Crippen molar-refractivity contribution in [1.82, 2.24) is 9.47 Å². The van der Waals surface area contributed by atoms with Crippen LogP contribution in [0.25, 0.3) is 10.9 Å². The quantitative estimate of drug-likeness (QED) is 0.802. The van der Waals surface area contributed by atoms with E-state index in [1.807, 2.05) is 32.3 Å². The molecule has 0 spiro atoms. The number of hydrogen-bond donors (Lipinski definition) is 0. The highest BCUT2D eigenvalue weighted by Crippen LogP contribution is 2.51. The zero-order chi connectivity index (χ0) is 19.7. The van der Waals surface area contributed by atoms with Gasteiger partial charge in [-0.2, -0.15) is 0 Å². The summed E-state index contributed by atoms with van der Waals surface area (Å²) in [6, 6.07) is 5.70. The molecular weight excluding hydrogens is 356 g/mol. The molecule has 6 nitrogen and oxygen atoms in total. The topological polar surface area (TPSA) is 60.8 Å². The summed E-state index contributed by atoms with van der Waals surface area (Å²) < 4.78 is 13.1. The van der Waals surface area contributed by atoms with E-state index in [9.17, 15) is 9.59 Å². The molecule has 0 amide bonds. The van der Waals surface area contributed by atoms with Gasteiger partial charge in [0.1, 0.15) is 5.75 Å². The Morgan fingerprint density at radius 1 is 1.29 bits per heavy atom. The highest BCUT2D eigenvalue weighted by atomic mass is 16.5. The molecule has 1 aromatic heterocycles. The Bertz CT molecular complexity index is 1050. The number of aryl methyl sites for hydroxylation is 1. The van der Waals surface area contributed by atoms with Gasteiger partial charge < -0.3 is 14.0 Å². The number of Topliss-reactive ketones (excluding diaryl/α,β-unsaturated/α-hetero) is 2. The summed E-state index contributed by atoms with van der Waals surface area (Å²) in [4.78, 5) is 28.1. The number of nitrogens with zero attached hydrogens (tertiary/aromatic N) is 2. The van der Waals surface area contributed by atoms with Crippen LogP contribution in [0.1, 0.15) is 35.4 Å². The Labute approximate surface area is 163 Å². The number of allylic oxidation sites excluding steroid dienone is 1. The number of likely N-dealkylation sites (N-methyl/N-ethyl adjacent to an activating group) is 1. The Balaban J connectivity index is 1.72. The normalized spacial score (nSPS) is 29.0. The molecule has 28 heavy (non-hydrogen) atoms. The molecule has 3 aliphatic rings. The molecule has 0 saturated carbocycles. The van der Waals surface area contributed by atoms with E-state index in [1.165, 1.54) is 0 Å². The van der Waals surface area contributed by atoms with Crippen LogP contribution < -0.4 is 4.74 Å². The van der Waals surface area contributed by atoms with Crippen LogP contribution in [0.5, 0.6) is 5.75 Å². The lowest BCUT2D eigenvalue weighted by molar-refractivity contribution is -0.116. The van der Waals surface area contributed by atoms with Gasteiger partial charge in [0.15, 0.2) is 11.6 Å². The average molecular weight is 380 g/mol. The molecule has 4 atom stereocenters. The number of hydrogen-bond acceptors (Lipinski definition) is 5. The van der Waals surface area contributed by atoms with Gasteiger partial charge >= 0.3 is 0 Å². The Morgan fingerprint density at radius 2 is 2.07 bits per heavy atom. The Morgan fingerprint density at radius 3 is 2.79 bits per heavy atom. The minimum absolute atomic E-state index is 0.000644. The molecule has 5 rings (SSSR count). The summed E-state index contributed by atoms with van der Waals surface area (Å²) in [5.74, 6) is 0.999. The molecule has 0 unspecified atom stereocenters. The Hall–Kier alpha value is -2.60. The van der Waals surface area contributed by atoms with Gasteiger partial charge in [0.2, 0.25) is 0 Å². The molecule has 3 aliphatic heterocycles. The molecule has 1 fully saturated rings. The second-order valence-electron chi connectivity index (χ2n) is 8.16. The average Bonchev–Trinajstić information content (AvgIpc) is 2.97. The number of carbonyl (C=O) groups is 2. The summed E-state index contributed by atoms with van der Waals surface area (Å²) in [6.07, 6.45) is 2.43. The number of ketones is 2. The number of fused-ring (bicyclic) bond motifs is 8. The van der Waals surface area contributed by atoms with Gasteiger partial charge in [-0.25, -0.2) is 0 Å². The lowest BCUT2D eigenvalue weighted by Crippen LogP contribution is -2.58. The summed E-state index contributed by atoms with van der Waals surface area (Å²) >= 11 is 0. The number of carbonyl (C=O) groups excluding carboxylic acids is 2. The number of methoxy groups -OCH3 is 1. The fourth-order valence-corrected chi connectivity index (χ4v) is 5.59. The zero-order valence-electron chi connectivity index (χ0n) is 16.6. The van der Waals surface area contributed by atoms with Crippen LogP contribution in [0, 0.1) is 11.8 Å². The summed E-state index contributed by atoms with van der Waals surface area (Å²) in [6.45, 7) is 2.06. The largest absolute Gasteiger partial charge is 0.500 e. The van der Waals surface area contributed by atoms with Crippen molar-refractivity contribution in [2.24, 2.45) is 18.9 Å². The van der Waals surface area contributed by atoms with E-state index < -0.39 is 0 Å². The van der Waals surface area contributed by atoms with E-state index >= 15 is 0 Å². The first-order valence-electron chi connectivity index (χ1n) is 9.69. The minimum atomic E-state index is -0.271. The van der Waals surface area contributed by atoms with E-state index in [2.05, 4.69) is 9.47 Å². The SMILES string of the molecule is COc1ccc2c3c(n(C)c2c1)[C@H]1C[C@H]2C(C(C)=O)=COC[C@H]2[C@H](C3=O)N1C. The highest BCUT2D eigenvalue weighted by Gasteiger charge is 2.53. The smallest absolute Gasteiger partial charge is 0.182 e. The van der Waals surface area contributed by atoms with Crippen molar-refractivity contribution in [3.63, 3.8) is 0 Å². The molecule has 0 N–H and O–H groups in total. The maximum atomic E-state index is 13.7. The molecule has 1 saturated heterocycles. The summed E-state index contributed by atoms with van der Waals surface area (Å²) in [7, 11) is 5.69. The molecule has 0 aliphatic carbocycles. The molecule has 6 heteroatoms. The Kier molecular flexibility index (Phi) is 3.72. The predicted octanol–water partition coefficient (Wildman–Crippen LogP) is 2.86. The van der Waals surface area contributed by atoms with Crippen molar-refractivity contribution in [2.75, 3.05) is 20.8 Å². The third-order valence-electron chi connectivity index (χ3n) is 6.92. The summed E-state index contributed by atoms with van der Waals surface area (Å²) in [5, 5.41) is 0.976. The number of ether oxygens (including phenoxy) is 2. The lowest BCUT2D eigenvalue weighted by atomic mass is 9.67. The van der Waals surface area contributed by atoms with Crippen molar-refractivity contribution in [3.05, 3.63) is 41.3 Å². The first-order valence-corrected chi connectivity index (χ1v) is 9.69. The van der Waals surface area contributed by atoms with Gasteiger partial charge in [-0.1, -0.05) is 0 Å².